The van der Waals surface area contributed by atoms with Gasteiger partial charge in [-0.25, -0.2) is 4.98 Å². The van der Waals surface area contributed by atoms with Gasteiger partial charge in [0.2, 0.25) is 0 Å². The fourth-order valence-electron chi connectivity index (χ4n) is 4.10. The molecule has 0 unspecified atom stereocenters. The number of hydrogen-bond donors (Lipinski definition) is 2. The van der Waals surface area contributed by atoms with Crippen LogP contribution in [0.1, 0.15) is 30.5 Å². The number of aromatic nitrogens is 1. The highest BCUT2D eigenvalue weighted by atomic mass is 16.4. The summed E-state index contributed by atoms with van der Waals surface area (Å²) in [6, 6.07) is 8.38. The topological polar surface area (TPSA) is 70.4 Å². The maximum atomic E-state index is 12.6. The van der Waals surface area contributed by atoms with Crippen LogP contribution >= 0.6 is 0 Å². The van der Waals surface area contributed by atoms with Crippen molar-refractivity contribution in [2.24, 2.45) is 5.92 Å². The summed E-state index contributed by atoms with van der Waals surface area (Å²) in [5, 5.41) is 6.25. The van der Waals surface area contributed by atoms with Crippen molar-refractivity contribution in [3.63, 3.8) is 0 Å². The van der Waals surface area contributed by atoms with E-state index < -0.39 is 0 Å². The number of nitrogens with zero attached hydrogens (tertiary/aromatic N) is 2. The third kappa shape index (κ3) is 3.02. The van der Waals surface area contributed by atoms with Gasteiger partial charge in [-0.15, -0.1) is 0 Å². The van der Waals surface area contributed by atoms with E-state index in [-0.39, 0.29) is 17.8 Å². The number of nitrogens with one attached hydrogen (secondary N) is 2. The summed E-state index contributed by atoms with van der Waals surface area (Å²) in [7, 11) is 1.87. The van der Waals surface area contributed by atoms with Crippen LogP contribution in [0.3, 0.4) is 0 Å². The van der Waals surface area contributed by atoms with Crippen LogP contribution in [0.4, 0.5) is 5.69 Å². The van der Waals surface area contributed by atoms with Crippen LogP contribution in [0.15, 0.2) is 34.9 Å². The van der Waals surface area contributed by atoms with Gasteiger partial charge in [-0.3, -0.25) is 9.69 Å². The molecule has 6 nitrogen and oxygen atoms in total. The molecule has 3 saturated heterocycles. The highest BCUT2D eigenvalue weighted by Gasteiger charge is 2.40. The minimum absolute atomic E-state index is 0.133. The monoisotopic (exact) mass is 340 g/mol. The highest BCUT2D eigenvalue weighted by molar-refractivity contribution is 5.90. The van der Waals surface area contributed by atoms with Crippen LogP contribution in [-0.2, 0) is 0 Å². The molecule has 2 atom stereocenters. The largest absolute Gasteiger partial charge is 0.432 e. The van der Waals surface area contributed by atoms with Crippen molar-refractivity contribution in [2.75, 3.05) is 25.5 Å². The maximum Gasteiger partial charge on any atom is 0.307 e. The zero-order valence-corrected chi connectivity index (χ0v) is 14.7. The van der Waals surface area contributed by atoms with Gasteiger partial charge in [-0.2, -0.15) is 0 Å². The Hall–Kier alpha value is -2.34. The van der Waals surface area contributed by atoms with Gasteiger partial charge in [0.15, 0.2) is 5.76 Å². The van der Waals surface area contributed by atoms with E-state index in [1.54, 1.807) is 6.20 Å². The fourth-order valence-corrected chi connectivity index (χ4v) is 4.10. The van der Waals surface area contributed by atoms with E-state index in [1.807, 2.05) is 31.3 Å². The molecule has 0 aliphatic carbocycles. The van der Waals surface area contributed by atoms with Crippen molar-refractivity contribution in [3.05, 3.63) is 36.4 Å². The van der Waals surface area contributed by atoms with Crippen LogP contribution in [0.5, 0.6) is 0 Å². The second kappa shape index (κ2) is 6.52. The molecule has 2 N–H and O–H groups in total. The molecule has 0 radical (unpaired) electrons. The van der Waals surface area contributed by atoms with Crippen LogP contribution in [0.25, 0.3) is 11.3 Å². The Morgan fingerprint density at radius 2 is 2.12 bits per heavy atom. The number of piperidine rings is 3. The first-order valence-electron chi connectivity index (χ1n) is 8.94. The fraction of sp³-hybridized carbons (Fsp3) is 0.474. The van der Waals surface area contributed by atoms with E-state index in [2.05, 4.69) is 27.4 Å². The average Bonchev–Trinajstić information content (AvgIpc) is 3.15. The van der Waals surface area contributed by atoms with E-state index in [4.69, 9.17) is 4.42 Å². The molecule has 0 saturated carbocycles. The first-order valence-corrected chi connectivity index (χ1v) is 8.94. The molecule has 3 aliphatic rings. The standard InChI is InChI=1S/C19H24N4O2/c1-12-17(13-6-8-23(12)9-7-13)22-18(24)19-21-11-16(25-19)14-4-3-5-15(10-14)20-2/h3-5,10-13,17,20H,6-9H2,1-2H3,(H,22,24)/t12-,17-/m0/s1. The number of carbonyl (C=O) groups excluding carboxylic acids is 1. The van der Waals surface area contributed by atoms with Crippen LogP contribution < -0.4 is 10.6 Å². The molecular formula is C19H24N4O2. The van der Waals surface area contributed by atoms with Crippen LogP contribution in [0, 0.1) is 5.92 Å². The molecule has 4 heterocycles. The first kappa shape index (κ1) is 16.1. The van der Waals surface area contributed by atoms with E-state index >= 15 is 0 Å². The van der Waals surface area contributed by atoms with Crippen molar-refractivity contribution >= 4 is 11.6 Å². The quantitative estimate of drug-likeness (QED) is 0.895. The normalized spacial score (nSPS) is 27.9. The number of rotatable bonds is 4. The second-order valence-electron chi connectivity index (χ2n) is 6.97. The molecule has 25 heavy (non-hydrogen) atoms. The van der Waals surface area contributed by atoms with E-state index in [9.17, 15) is 4.79 Å². The Morgan fingerprint density at radius 1 is 1.32 bits per heavy atom. The number of hydrogen-bond acceptors (Lipinski definition) is 5. The van der Waals surface area contributed by atoms with Crippen molar-refractivity contribution in [3.8, 4) is 11.3 Å². The van der Waals surface area contributed by atoms with Crippen molar-refractivity contribution in [1.29, 1.82) is 0 Å². The third-order valence-corrected chi connectivity index (χ3v) is 5.61. The van der Waals surface area contributed by atoms with Gasteiger partial charge in [-0.05, 0) is 50.9 Å². The second-order valence-corrected chi connectivity index (χ2v) is 6.97. The minimum Gasteiger partial charge on any atom is -0.432 e. The number of amides is 1. The zero-order valence-electron chi connectivity index (χ0n) is 14.7. The van der Waals surface area contributed by atoms with E-state index in [0.29, 0.717) is 17.7 Å². The molecule has 3 aliphatic heterocycles. The van der Waals surface area contributed by atoms with Crippen molar-refractivity contribution in [1.82, 2.24) is 15.2 Å². The lowest BCUT2D eigenvalue weighted by Crippen LogP contribution is -2.62. The van der Waals surface area contributed by atoms with Gasteiger partial charge in [0.25, 0.3) is 5.89 Å². The summed E-state index contributed by atoms with van der Waals surface area (Å²) < 4.78 is 5.72. The molecule has 132 valence electrons. The average molecular weight is 340 g/mol. The van der Waals surface area contributed by atoms with Gasteiger partial charge < -0.3 is 15.1 Å². The molecule has 1 aromatic heterocycles. The number of benzene rings is 1. The first-order chi connectivity index (χ1) is 12.2. The Kier molecular flexibility index (Phi) is 4.21. The Bertz CT molecular complexity index is 762. The van der Waals surface area contributed by atoms with Crippen molar-refractivity contribution < 1.29 is 9.21 Å². The predicted octanol–water partition coefficient (Wildman–Crippen LogP) is 2.60. The van der Waals surface area contributed by atoms with Gasteiger partial charge in [-0.1, -0.05) is 12.1 Å². The predicted molar refractivity (Wildman–Crippen MR) is 96.5 cm³/mol. The number of carbonyl (C=O) groups is 1. The lowest BCUT2D eigenvalue weighted by Gasteiger charge is -2.49. The summed E-state index contributed by atoms with van der Waals surface area (Å²) in [5.74, 6) is 1.07. The van der Waals surface area contributed by atoms with Crippen LogP contribution in [0.2, 0.25) is 0 Å². The smallest absolute Gasteiger partial charge is 0.307 e. The molecule has 5 rings (SSSR count). The maximum absolute atomic E-state index is 12.6. The lowest BCUT2D eigenvalue weighted by molar-refractivity contribution is 0.0210. The third-order valence-electron chi connectivity index (χ3n) is 5.61. The van der Waals surface area contributed by atoms with E-state index in [0.717, 1.165) is 37.2 Å². The Balaban J connectivity index is 1.49. The lowest BCUT2D eigenvalue weighted by atomic mass is 9.79. The van der Waals surface area contributed by atoms with Gasteiger partial charge >= 0.3 is 5.91 Å². The molecule has 1 amide bonds. The van der Waals surface area contributed by atoms with Gasteiger partial charge in [0.05, 0.1) is 6.20 Å². The Labute approximate surface area is 147 Å². The van der Waals surface area contributed by atoms with Gasteiger partial charge in [0.1, 0.15) is 0 Å². The molecule has 0 spiro atoms. The molecular weight excluding hydrogens is 316 g/mol. The number of oxazole rings is 1. The summed E-state index contributed by atoms with van der Waals surface area (Å²) in [4.78, 5) is 19.2. The molecule has 2 bridgehead atoms. The van der Waals surface area contributed by atoms with E-state index in [1.165, 1.54) is 0 Å². The summed E-state index contributed by atoms with van der Waals surface area (Å²) in [6.07, 6.45) is 3.93. The van der Waals surface area contributed by atoms with Gasteiger partial charge in [0, 0.05) is 30.4 Å². The van der Waals surface area contributed by atoms with Crippen molar-refractivity contribution in [2.45, 2.75) is 31.8 Å². The minimum atomic E-state index is -0.221. The SMILES string of the molecule is CNc1cccc(-c2cnc(C(=O)N[C@@H]3C4CCN(CC4)[C@H]3C)o2)c1. The molecule has 2 aromatic rings. The summed E-state index contributed by atoms with van der Waals surface area (Å²) in [6.45, 7) is 4.48. The highest BCUT2D eigenvalue weighted by Crippen LogP contribution is 2.32. The summed E-state index contributed by atoms with van der Waals surface area (Å²) >= 11 is 0. The zero-order chi connectivity index (χ0) is 17.4. The molecule has 1 aromatic carbocycles. The number of anilines is 1. The van der Waals surface area contributed by atoms with Crippen LogP contribution in [-0.4, -0.2) is 48.0 Å². The summed E-state index contributed by atoms with van der Waals surface area (Å²) in [5.41, 5.74) is 1.88. The Morgan fingerprint density at radius 3 is 2.84 bits per heavy atom. The molecule has 3 fully saturated rings. The number of fused-ring (bicyclic) bond motifs is 3. The molecule has 6 heteroatoms.